The maximum atomic E-state index is 2.41. The number of fused-ring (bicyclic) bond motifs is 3. The minimum Gasteiger partial charge on any atom is -0.310 e. The Bertz CT molecular complexity index is 1500. The molecule has 1 nitrogen and oxygen atoms in total. The van der Waals surface area contributed by atoms with Gasteiger partial charge in [0.15, 0.2) is 0 Å². The van der Waals surface area contributed by atoms with Crippen LogP contribution < -0.4 is 4.90 Å². The van der Waals surface area contributed by atoms with E-state index in [1.165, 1.54) is 56.0 Å². The summed E-state index contributed by atoms with van der Waals surface area (Å²) in [4.78, 5) is 2.40. The van der Waals surface area contributed by atoms with E-state index in [1.54, 1.807) is 0 Å². The number of anilines is 3. The molecule has 0 atom stereocenters. The normalized spacial score (nSPS) is 15.3. The first kappa shape index (κ1) is 23.6. The molecule has 0 unspecified atom stereocenters. The molecule has 0 heterocycles. The largest absolute Gasteiger partial charge is 0.310 e. The fraction of sp³-hybridized carbons (Fsp3) is 0.222. The predicted molar refractivity (Wildman–Crippen MR) is 159 cm³/mol. The molecule has 0 aliphatic heterocycles. The van der Waals surface area contributed by atoms with Crippen LogP contribution in [0, 0.1) is 0 Å². The Morgan fingerprint density at radius 2 is 1.32 bits per heavy atom. The lowest BCUT2D eigenvalue weighted by molar-refractivity contribution is 0.660. The highest BCUT2D eigenvalue weighted by Crippen LogP contribution is 2.50. The predicted octanol–water partition coefficient (Wildman–Crippen LogP) is 10.3. The molecule has 1 heteroatoms. The van der Waals surface area contributed by atoms with Crippen molar-refractivity contribution in [1.82, 2.24) is 0 Å². The maximum absolute atomic E-state index is 2.41. The van der Waals surface area contributed by atoms with Crippen molar-refractivity contribution in [3.63, 3.8) is 0 Å². The van der Waals surface area contributed by atoms with Gasteiger partial charge in [0, 0.05) is 22.5 Å². The highest BCUT2D eigenvalue weighted by atomic mass is 15.1. The van der Waals surface area contributed by atoms with Crippen LogP contribution in [0.1, 0.15) is 68.7 Å². The average Bonchev–Trinajstić information content (AvgIpc) is 3.16. The lowest BCUT2D eigenvalue weighted by Crippen LogP contribution is -2.16. The maximum Gasteiger partial charge on any atom is 0.0465 e. The van der Waals surface area contributed by atoms with E-state index >= 15 is 0 Å². The van der Waals surface area contributed by atoms with Gasteiger partial charge >= 0.3 is 0 Å². The molecule has 4 aromatic rings. The van der Waals surface area contributed by atoms with E-state index in [9.17, 15) is 0 Å². The second-order valence-corrected chi connectivity index (χ2v) is 11.2. The number of allylic oxidation sites excluding steroid dienone is 4. The van der Waals surface area contributed by atoms with Gasteiger partial charge in [0.2, 0.25) is 0 Å². The summed E-state index contributed by atoms with van der Waals surface area (Å²) in [5.74, 6) is 0.512. The van der Waals surface area contributed by atoms with Gasteiger partial charge in [-0.15, -0.1) is 0 Å². The molecular weight excluding hydrogens is 446 g/mol. The second-order valence-electron chi connectivity index (χ2n) is 11.2. The molecule has 0 N–H and O–H groups in total. The summed E-state index contributed by atoms with van der Waals surface area (Å²) in [6.45, 7) is 9.20. The third-order valence-electron chi connectivity index (χ3n) is 8.10. The van der Waals surface area contributed by atoms with E-state index in [2.05, 4.69) is 142 Å². The van der Waals surface area contributed by atoms with Gasteiger partial charge in [-0.2, -0.15) is 0 Å². The fourth-order valence-electron chi connectivity index (χ4n) is 5.92. The van der Waals surface area contributed by atoms with Crippen molar-refractivity contribution in [1.29, 1.82) is 0 Å². The Kier molecular flexibility index (Phi) is 5.88. The lowest BCUT2D eigenvalue weighted by atomic mass is 9.82. The van der Waals surface area contributed by atoms with Crippen molar-refractivity contribution in [3.8, 4) is 11.1 Å². The molecule has 2 aliphatic carbocycles. The van der Waals surface area contributed by atoms with Gasteiger partial charge in [0.1, 0.15) is 0 Å². The highest BCUT2D eigenvalue weighted by Gasteiger charge is 2.35. The van der Waals surface area contributed by atoms with Gasteiger partial charge < -0.3 is 4.90 Å². The van der Waals surface area contributed by atoms with Crippen LogP contribution in [0.4, 0.5) is 17.1 Å². The van der Waals surface area contributed by atoms with Crippen LogP contribution in [-0.2, 0) is 5.41 Å². The summed E-state index contributed by atoms with van der Waals surface area (Å²) in [6, 6.07) is 34.0. The zero-order valence-corrected chi connectivity index (χ0v) is 22.3. The van der Waals surface area contributed by atoms with Crippen LogP contribution in [0.2, 0.25) is 0 Å². The van der Waals surface area contributed by atoms with Crippen LogP contribution in [0.5, 0.6) is 0 Å². The first-order valence-electron chi connectivity index (χ1n) is 13.5. The van der Waals surface area contributed by atoms with Crippen LogP contribution >= 0.6 is 0 Å². The molecule has 0 aromatic heterocycles. The van der Waals surface area contributed by atoms with Crippen LogP contribution in [0.3, 0.4) is 0 Å². The quantitative estimate of drug-likeness (QED) is 0.274. The van der Waals surface area contributed by atoms with E-state index in [1.807, 2.05) is 0 Å². The van der Waals surface area contributed by atoms with Crippen LogP contribution in [0.15, 0.2) is 109 Å². The minimum absolute atomic E-state index is 0.0290. The number of hydrogen-bond donors (Lipinski definition) is 0. The highest BCUT2D eigenvalue weighted by molar-refractivity contribution is 5.86. The van der Waals surface area contributed by atoms with Crippen molar-refractivity contribution in [2.75, 3.05) is 4.90 Å². The summed E-state index contributed by atoms with van der Waals surface area (Å²) >= 11 is 0. The van der Waals surface area contributed by atoms with E-state index in [4.69, 9.17) is 0 Å². The molecule has 0 radical (unpaired) electrons. The molecule has 2 aliphatic rings. The summed E-state index contributed by atoms with van der Waals surface area (Å²) < 4.78 is 0. The van der Waals surface area contributed by atoms with Gasteiger partial charge in [-0.25, -0.2) is 0 Å². The Labute approximate surface area is 221 Å². The summed E-state index contributed by atoms with van der Waals surface area (Å²) in [7, 11) is 0. The van der Waals surface area contributed by atoms with E-state index in [0.29, 0.717) is 5.92 Å². The monoisotopic (exact) mass is 481 g/mol. The summed E-state index contributed by atoms with van der Waals surface area (Å²) in [6.07, 6.45) is 9.13. The number of benzene rings is 4. The molecule has 0 spiro atoms. The standard InChI is InChI=1S/C36H35N/c1-25(2)26-14-18-29(19-15-26)37(30-20-16-28(17-21-30)27-10-6-5-7-11-27)31-22-23-33-32-12-8-9-13-34(32)36(3,4)35(33)24-31/h6,8-25H,5,7H2,1-4H3. The molecule has 0 amide bonds. The van der Waals surface area contributed by atoms with E-state index < -0.39 is 0 Å². The molecule has 37 heavy (non-hydrogen) atoms. The van der Waals surface area contributed by atoms with Gasteiger partial charge in [-0.3, -0.25) is 0 Å². The topological polar surface area (TPSA) is 3.24 Å². The van der Waals surface area contributed by atoms with Crippen molar-refractivity contribution >= 4 is 22.6 Å². The first-order chi connectivity index (χ1) is 17.9. The van der Waals surface area contributed by atoms with Crippen LogP contribution in [0.25, 0.3) is 16.7 Å². The Morgan fingerprint density at radius 3 is 2.00 bits per heavy atom. The molecule has 0 saturated carbocycles. The van der Waals surface area contributed by atoms with Crippen LogP contribution in [-0.4, -0.2) is 0 Å². The second kappa shape index (κ2) is 9.23. The van der Waals surface area contributed by atoms with Crippen molar-refractivity contribution in [3.05, 3.63) is 131 Å². The number of hydrogen-bond acceptors (Lipinski definition) is 1. The first-order valence-corrected chi connectivity index (χ1v) is 13.5. The number of nitrogens with zero attached hydrogens (tertiary/aromatic N) is 1. The summed E-state index contributed by atoms with van der Waals surface area (Å²) in [5.41, 5.74) is 13.0. The minimum atomic E-state index is -0.0290. The zero-order valence-electron chi connectivity index (χ0n) is 22.3. The molecule has 0 fully saturated rings. The van der Waals surface area contributed by atoms with E-state index in [-0.39, 0.29) is 5.41 Å². The summed E-state index contributed by atoms with van der Waals surface area (Å²) in [5, 5.41) is 0. The lowest BCUT2D eigenvalue weighted by Gasteiger charge is -2.28. The molecule has 184 valence electrons. The Hall–Kier alpha value is -3.84. The Balaban J connectivity index is 1.46. The van der Waals surface area contributed by atoms with Gasteiger partial charge in [0.05, 0.1) is 0 Å². The van der Waals surface area contributed by atoms with Gasteiger partial charge in [-0.1, -0.05) is 101 Å². The van der Waals surface area contributed by atoms with E-state index in [0.717, 1.165) is 12.8 Å². The smallest absolute Gasteiger partial charge is 0.0465 e. The molecule has 6 rings (SSSR count). The number of rotatable bonds is 5. The van der Waals surface area contributed by atoms with Crippen molar-refractivity contribution in [2.45, 2.75) is 51.9 Å². The van der Waals surface area contributed by atoms with Gasteiger partial charge in [-0.05, 0) is 94.1 Å². The van der Waals surface area contributed by atoms with Gasteiger partial charge in [0.25, 0.3) is 0 Å². The zero-order chi connectivity index (χ0) is 25.6. The average molecular weight is 482 g/mol. The molecular formula is C36H35N. The molecule has 0 saturated heterocycles. The molecule has 0 bridgehead atoms. The third-order valence-corrected chi connectivity index (χ3v) is 8.10. The third kappa shape index (κ3) is 4.13. The fourth-order valence-corrected chi connectivity index (χ4v) is 5.92. The molecule has 4 aromatic carbocycles. The SMILES string of the molecule is CC(C)c1ccc(N(c2ccc(C3=CCCC=C3)cc2)c2ccc3c(c2)C(C)(C)c2ccccc2-3)cc1. The van der Waals surface area contributed by atoms with Crippen molar-refractivity contribution < 1.29 is 0 Å². The van der Waals surface area contributed by atoms with Crippen molar-refractivity contribution in [2.24, 2.45) is 0 Å². The Morgan fingerprint density at radius 1 is 0.676 bits per heavy atom.